The topological polar surface area (TPSA) is 34.0 Å². The molecule has 4 rings (SSSR count). The summed E-state index contributed by atoms with van der Waals surface area (Å²) in [5.74, 6) is 1.19. The van der Waals surface area contributed by atoms with Crippen molar-refractivity contribution in [1.82, 2.24) is 0 Å². The molecule has 22 heavy (non-hydrogen) atoms. The lowest BCUT2D eigenvalue weighted by molar-refractivity contribution is -0.0162. The first kappa shape index (κ1) is 14.4. The molecule has 0 amide bonds. The molecule has 2 fully saturated rings. The Labute approximate surface area is 133 Å². The first-order chi connectivity index (χ1) is 10.5. The van der Waals surface area contributed by atoms with Gasteiger partial charge in [0.05, 0.1) is 6.10 Å². The van der Waals surface area contributed by atoms with E-state index in [2.05, 4.69) is 51.1 Å². The highest BCUT2D eigenvalue weighted by molar-refractivity contribution is 5.40. The lowest BCUT2D eigenvalue weighted by atomic mass is 9.61. The Morgan fingerprint density at radius 2 is 1.77 bits per heavy atom. The molecule has 0 N–H and O–H groups in total. The molecule has 1 unspecified atom stereocenters. The molecule has 0 spiro atoms. The second-order valence-corrected chi connectivity index (χ2v) is 7.80. The number of ether oxygens (including phenoxy) is 1. The van der Waals surface area contributed by atoms with Gasteiger partial charge in [0, 0.05) is 12.5 Å². The number of azo groups is 1. The number of rotatable bonds is 3. The fourth-order valence-corrected chi connectivity index (χ4v) is 6.17. The molecule has 1 heterocycles. The molecule has 0 saturated heterocycles. The van der Waals surface area contributed by atoms with Crippen molar-refractivity contribution in [3.05, 3.63) is 35.9 Å². The zero-order valence-corrected chi connectivity index (χ0v) is 14.0. The van der Waals surface area contributed by atoms with E-state index in [1.54, 1.807) is 0 Å². The van der Waals surface area contributed by atoms with Crippen molar-refractivity contribution >= 4 is 0 Å². The summed E-state index contributed by atoms with van der Waals surface area (Å²) < 4.78 is 5.83. The largest absolute Gasteiger partial charge is 0.379 e. The molecule has 5 atom stereocenters. The predicted octanol–water partition coefficient (Wildman–Crippen LogP) is 4.58. The van der Waals surface area contributed by atoms with Crippen molar-refractivity contribution in [1.29, 1.82) is 0 Å². The van der Waals surface area contributed by atoms with E-state index in [-0.39, 0.29) is 22.6 Å². The third-order valence-electron chi connectivity index (χ3n) is 7.13. The molecule has 1 aromatic carbocycles. The van der Waals surface area contributed by atoms with Crippen LogP contribution in [-0.4, -0.2) is 18.8 Å². The number of nitrogens with zero attached hydrogens (tertiary/aromatic N) is 2. The molecule has 3 heteroatoms. The Morgan fingerprint density at radius 1 is 1.09 bits per heavy atom. The van der Waals surface area contributed by atoms with Crippen LogP contribution >= 0.6 is 0 Å². The number of benzene rings is 1. The van der Waals surface area contributed by atoms with Gasteiger partial charge in [-0.1, -0.05) is 50.6 Å². The fraction of sp³-hybridized carbons (Fsp3) is 0.684. The van der Waals surface area contributed by atoms with E-state index >= 15 is 0 Å². The van der Waals surface area contributed by atoms with E-state index in [4.69, 9.17) is 15.0 Å². The Balaban J connectivity index is 1.96. The van der Waals surface area contributed by atoms with Crippen LogP contribution in [0.1, 0.15) is 45.6 Å². The average molecular weight is 298 g/mol. The minimum Gasteiger partial charge on any atom is -0.379 e. The molecule has 3 nitrogen and oxygen atoms in total. The van der Waals surface area contributed by atoms with Crippen LogP contribution in [0.3, 0.4) is 0 Å². The Hall–Kier alpha value is -1.22. The van der Waals surface area contributed by atoms with Gasteiger partial charge in [-0.3, -0.25) is 0 Å². The summed E-state index contributed by atoms with van der Waals surface area (Å²) >= 11 is 0. The van der Waals surface area contributed by atoms with Crippen LogP contribution < -0.4 is 0 Å². The molecule has 0 radical (unpaired) electrons. The molecule has 2 aliphatic carbocycles. The van der Waals surface area contributed by atoms with E-state index in [1.807, 2.05) is 7.11 Å². The molecule has 2 bridgehead atoms. The quantitative estimate of drug-likeness (QED) is 0.804. The van der Waals surface area contributed by atoms with Crippen LogP contribution in [-0.2, 0) is 10.3 Å². The monoisotopic (exact) mass is 298 g/mol. The van der Waals surface area contributed by atoms with E-state index in [9.17, 15) is 0 Å². The van der Waals surface area contributed by atoms with Gasteiger partial charge < -0.3 is 4.74 Å². The van der Waals surface area contributed by atoms with Crippen LogP contribution in [0.15, 0.2) is 40.6 Å². The normalized spacial score (nSPS) is 42.5. The molecular weight excluding hydrogens is 272 g/mol. The van der Waals surface area contributed by atoms with E-state index in [0.717, 1.165) is 0 Å². The minimum absolute atomic E-state index is 0.0213. The van der Waals surface area contributed by atoms with Gasteiger partial charge in [0.15, 0.2) is 0 Å². The Morgan fingerprint density at radius 3 is 2.45 bits per heavy atom. The molecule has 118 valence electrons. The van der Waals surface area contributed by atoms with Crippen molar-refractivity contribution in [2.24, 2.45) is 27.5 Å². The van der Waals surface area contributed by atoms with Crippen molar-refractivity contribution in [2.75, 3.05) is 7.11 Å². The molecule has 0 aromatic heterocycles. The molecular formula is C19H26N2O. The summed E-state index contributed by atoms with van der Waals surface area (Å²) in [5, 5.41) is 9.94. The highest BCUT2D eigenvalue weighted by Crippen LogP contribution is 2.75. The standard InChI is InChI=1S/C19H26N2O/c1-13(22-4)18-15-11-8-12-16(15)19(21-20-18,17(18,2)3)14-9-6-5-7-10-14/h5-7,9-10,13,15-16H,8,11-12H2,1-4H3/t13?,15-,16+,18-,19+/m0/s1. The van der Waals surface area contributed by atoms with E-state index in [1.165, 1.54) is 24.8 Å². The lowest BCUT2D eigenvalue weighted by Crippen LogP contribution is -2.53. The molecule has 2 saturated carbocycles. The van der Waals surface area contributed by atoms with Gasteiger partial charge in [-0.05, 0) is 37.2 Å². The number of methoxy groups -OCH3 is 1. The SMILES string of the molecule is COC(C)[C@]12N=N[C@](c3ccccc3)([C@@H]3CCC[C@@H]31)C2(C)C. The average Bonchev–Trinajstić information content (AvgIpc) is 3.15. The molecule has 1 aliphatic heterocycles. The first-order valence-electron chi connectivity index (χ1n) is 8.55. The Bertz CT molecular complexity index is 611. The van der Waals surface area contributed by atoms with Crippen LogP contribution in [0.5, 0.6) is 0 Å². The predicted molar refractivity (Wildman–Crippen MR) is 86.8 cm³/mol. The van der Waals surface area contributed by atoms with Crippen LogP contribution in [0.25, 0.3) is 0 Å². The maximum absolute atomic E-state index is 5.83. The first-order valence-corrected chi connectivity index (χ1v) is 8.55. The maximum atomic E-state index is 5.83. The molecule has 3 aliphatic rings. The van der Waals surface area contributed by atoms with Crippen molar-refractivity contribution in [3.8, 4) is 0 Å². The van der Waals surface area contributed by atoms with Crippen LogP contribution in [0.4, 0.5) is 0 Å². The highest BCUT2D eigenvalue weighted by atomic mass is 16.5. The van der Waals surface area contributed by atoms with Crippen molar-refractivity contribution in [2.45, 2.75) is 57.2 Å². The van der Waals surface area contributed by atoms with Gasteiger partial charge in [0.2, 0.25) is 0 Å². The zero-order chi connectivity index (χ0) is 15.6. The molecule has 1 aromatic rings. The third kappa shape index (κ3) is 1.29. The maximum Gasteiger partial charge on any atom is 0.118 e. The van der Waals surface area contributed by atoms with Crippen molar-refractivity contribution in [3.63, 3.8) is 0 Å². The van der Waals surface area contributed by atoms with Gasteiger partial charge in [-0.15, -0.1) is 0 Å². The van der Waals surface area contributed by atoms with Gasteiger partial charge in [0.1, 0.15) is 11.1 Å². The second-order valence-electron chi connectivity index (χ2n) is 7.80. The second kappa shape index (κ2) is 4.41. The van der Waals surface area contributed by atoms with Crippen LogP contribution in [0, 0.1) is 17.3 Å². The van der Waals surface area contributed by atoms with E-state index in [0.29, 0.717) is 11.8 Å². The third-order valence-corrected chi connectivity index (χ3v) is 7.13. The minimum atomic E-state index is -0.182. The van der Waals surface area contributed by atoms with Gasteiger partial charge >= 0.3 is 0 Å². The summed E-state index contributed by atoms with van der Waals surface area (Å²) in [5.41, 5.74) is 0.955. The number of hydrogen-bond donors (Lipinski definition) is 0. The number of fused-ring (bicyclic) bond motifs is 5. The van der Waals surface area contributed by atoms with Crippen LogP contribution in [0.2, 0.25) is 0 Å². The van der Waals surface area contributed by atoms with Gasteiger partial charge in [-0.2, -0.15) is 10.2 Å². The zero-order valence-electron chi connectivity index (χ0n) is 14.0. The Kier molecular flexibility index (Phi) is 2.88. The van der Waals surface area contributed by atoms with Crippen molar-refractivity contribution < 1.29 is 4.74 Å². The van der Waals surface area contributed by atoms with E-state index < -0.39 is 0 Å². The summed E-state index contributed by atoms with van der Waals surface area (Å²) in [4.78, 5) is 0. The highest BCUT2D eigenvalue weighted by Gasteiger charge is 2.79. The summed E-state index contributed by atoms with van der Waals surface area (Å²) in [6.07, 6.45) is 3.92. The van der Waals surface area contributed by atoms with Gasteiger partial charge in [-0.25, -0.2) is 0 Å². The summed E-state index contributed by atoms with van der Waals surface area (Å²) in [6, 6.07) is 10.9. The summed E-state index contributed by atoms with van der Waals surface area (Å²) in [6.45, 7) is 6.92. The lowest BCUT2D eigenvalue weighted by Gasteiger charge is -2.44. The number of hydrogen-bond acceptors (Lipinski definition) is 3. The fourth-order valence-electron chi connectivity index (χ4n) is 6.17. The van der Waals surface area contributed by atoms with Gasteiger partial charge in [0.25, 0.3) is 0 Å². The summed E-state index contributed by atoms with van der Waals surface area (Å²) in [7, 11) is 1.82. The smallest absolute Gasteiger partial charge is 0.118 e.